The lowest BCUT2D eigenvalue weighted by atomic mass is 10.0. The first kappa shape index (κ1) is 10.1. The summed E-state index contributed by atoms with van der Waals surface area (Å²) in [6.45, 7) is 0. The molecule has 1 nitrogen and oxygen atoms in total. The van der Waals surface area contributed by atoms with Crippen molar-refractivity contribution in [3.05, 3.63) is 59.1 Å². The Balaban J connectivity index is 2.52. The summed E-state index contributed by atoms with van der Waals surface area (Å²) in [7, 11) is 0. The van der Waals surface area contributed by atoms with Crippen LogP contribution in [0.2, 0.25) is 5.02 Å². The number of halogens is 1. The summed E-state index contributed by atoms with van der Waals surface area (Å²) in [5, 5.41) is 13.9. The molecule has 80 valence electrons. The molecule has 3 rings (SSSR count). The van der Waals surface area contributed by atoms with E-state index in [-0.39, 0.29) is 0 Å². The summed E-state index contributed by atoms with van der Waals surface area (Å²) < 4.78 is 0. The topological polar surface area (TPSA) is 23.8 Å². The lowest BCUT2D eigenvalue weighted by Crippen LogP contribution is -1.81. The highest BCUT2D eigenvalue weighted by Gasteiger charge is 2.05. The number of hydrogen-bond donors (Lipinski definition) is 0. The molecule has 3 aromatic rings. The van der Waals surface area contributed by atoms with Crippen molar-refractivity contribution in [2.45, 2.75) is 0 Å². The predicted octanol–water partition coefficient (Wildman–Crippen LogP) is 4.52. The van der Waals surface area contributed by atoms with Crippen LogP contribution in [0.15, 0.2) is 48.5 Å². The minimum absolute atomic E-state index is 0.511. The summed E-state index contributed by atoms with van der Waals surface area (Å²) in [6.07, 6.45) is 0. The molecule has 0 aliphatic rings. The van der Waals surface area contributed by atoms with Gasteiger partial charge in [-0.05, 0) is 33.7 Å². The van der Waals surface area contributed by atoms with E-state index in [1.54, 1.807) is 0 Å². The number of nitriles is 1. The number of benzene rings is 3. The third-order valence-corrected chi connectivity index (χ3v) is 3.27. The fraction of sp³-hybridized carbons (Fsp3) is 0. The average Bonchev–Trinajstić information content (AvgIpc) is 2.38. The molecule has 0 saturated heterocycles. The first-order valence-electron chi connectivity index (χ1n) is 5.31. The van der Waals surface area contributed by atoms with Gasteiger partial charge in [0.25, 0.3) is 0 Å². The molecule has 0 spiro atoms. The maximum Gasteiger partial charge on any atom is 0.101 e. The van der Waals surface area contributed by atoms with Gasteiger partial charge in [0.1, 0.15) is 6.07 Å². The van der Waals surface area contributed by atoms with Crippen molar-refractivity contribution < 1.29 is 0 Å². The van der Waals surface area contributed by atoms with Crippen LogP contribution in [0.3, 0.4) is 0 Å². The first-order valence-corrected chi connectivity index (χ1v) is 5.68. The van der Waals surface area contributed by atoms with Gasteiger partial charge in [0.05, 0.1) is 10.6 Å². The van der Waals surface area contributed by atoms with E-state index in [1.807, 2.05) is 30.3 Å². The molecule has 17 heavy (non-hydrogen) atoms. The largest absolute Gasteiger partial charge is 0.192 e. The fourth-order valence-corrected chi connectivity index (χ4v) is 2.32. The van der Waals surface area contributed by atoms with Crippen LogP contribution >= 0.6 is 11.6 Å². The number of nitrogens with zero attached hydrogens (tertiary/aromatic N) is 1. The van der Waals surface area contributed by atoms with E-state index >= 15 is 0 Å². The molecule has 0 aromatic heterocycles. The molecule has 0 saturated carbocycles. The Hall–Kier alpha value is -2.04. The quantitative estimate of drug-likeness (QED) is 0.528. The summed E-state index contributed by atoms with van der Waals surface area (Å²) in [5.74, 6) is 0. The van der Waals surface area contributed by atoms with Crippen molar-refractivity contribution in [2.24, 2.45) is 0 Å². The molecule has 0 atom stereocenters. The minimum atomic E-state index is 0.511. The Morgan fingerprint density at radius 3 is 2.47 bits per heavy atom. The molecule has 0 fully saturated rings. The van der Waals surface area contributed by atoms with Gasteiger partial charge in [-0.15, -0.1) is 0 Å². The van der Waals surface area contributed by atoms with Gasteiger partial charge in [-0.2, -0.15) is 5.26 Å². The van der Waals surface area contributed by atoms with Gasteiger partial charge < -0.3 is 0 Å². The van der Waals surface area contributed by atoms with Gasteiger partial charge in [-0.3, -0.25) is 0 Å². The Kier molecular flexibility index (Phi) is 2.24. The van der Waals surface area contributed by atoms with E-state index in [9.17, 15) is 0 Å². The van der Waals surface area contributed by atoms with Crippen LogP contribution in [-0.4, -0.2) is 0 Å². The van der Waals surface area contributed by atoms with Crippen molar-refractivity contribution in [2.75, 3.05) is 0 Å². The second kappa shape index (κ2) is 3.76. The zero-order valence-corrected chi connectivity index (χ0v) is 9.70. The second-order valence-electron chi connectivity index (χ2n) is 3.95. The Labute approximate surface area is 104 Å². The molecule has 2 heteroatoms. The molecule has 0 amide bonds. The van der Waals surface area contributed by atoms with E-state index in [0.717, 1.165) is 16.2 Å². The molecule has 0 radical (unpaired) electrons. The van der Waals surface area contributed by atoms with Crippen LogP contribution in [0.5, 0.6) is 0 Å². The van der Waals surface area contributed by atoms with Gasteiger partial charge >= 0.3 is 0 Å². The van der Waals surface area contributed by atoms with Gasteiger partial charge in [0.15, 0.2) is 0 Å². The third-order valence-electron chi connectivity index (χ3n) is 2.95. The molecule has 0 aliphatic carbocycles. The summed E-state index contributed by atoms with van der Waals surface area (Å²) in [6, 6.07) is 18.1. The molecular weight excluding hydrogens is 230 g/mol. The molecular formula is C15H8ClN. The Bertz CT molecular complexity index is 769. The van der Waals surface area contributed by atoms with Crippen molar-refractivity contribution in [3.8, 4) is 6.07 Å². The maximum atomic E-state index is 8.96. The second-order valence-corrected chi connectivity index (χ2v) is 4.36. The zero-order chi connectivity index (χ0) is 11.8. The van der Waals surface area contributed by atoms with Crippen LogP contribution in [0.4, 0.5) is 0 Å². The fourth-order valence-electron chi connectivity index (χ4n) is 2.11. The SMILES string of the molecule is N#Cc1cc2ccc3ccccc3c2cc1Cl. The van der Waals surface area contributed by atoms with E-state index in [4.69, 9.17) is 16.9 Å². The summed E-state index contributed by atoms with van der Waals surface area (Å²) in [4.78, 5) is 0. The van der Waals surface area contributed by atoms with Crippen molar-refractivity contribution in [1.29, 1.82) is 5.26 Å². The highest BCUT2D eigenvalue weighted by atomic mass is 35.5. The molecule has 0 heterocycles. The standard InChI is InChI=1S/C15H8ClN/c16-15-8-14-11(7-12(15)9-17)6-5-10-3-1-2-4-13(10)14/h1-8H. The van der Waals surface area contributed by atoms with Crippen LogP contribution in [0.25, 0.3) is 21.5 Å². The van der Waals surface area contributed by atoms with Crippen LogP contribution in [0.1, 0.15) is 5.56 Å². The lowest BCUT2D eigenvalue weighted by Gasteiger charge is -2.05. The van der Waals surface area contributed by atoms with E-state index in [2.05, 4.69) is 24.3 Å². The van der Waals surface area contributed by atoms with Gasteiger partial charge in [0.2, 0.25) is 0 Å². The van der Waals surface area contributed by atoms with Gasteiger partial charge in [0, 0.05) is 0 Å². The number of rotatable bonds is 0. The normalized spacial score (nSPS) is 10.6. The third kappa shape index (κ3) is 1.54. The number of hydrogen-bond acceptors (Lipinski definition) is 1. The monoisotopic (exact) mass is 237 g/mol. The molecule has 0 bridgehead atoms. The Morgan fingerprint density at radius 2 is 1.65 bits per heavy atom. The van der Waals surface area contributed by atoms with E-state index in [1.165, 1.54) is 5.39 Å². The van der Waals surface area contributed by atoms with Crippen molar-refractivity contribution >= 4 is 33.1 Å². The van der Waals surface area contributed by atoms with Gasteiger partial charge in [-0.25, -0.2) is 0 Å². The smallest absolute Gasteiger partial charge is 0.101 e. The average molecular weight is 238 g/mol. The van der Waals surface area contributed by atoms with E-state index in [0.29, 0.717) is 10.6 Å². The molecule has 0 N–H and O–H groups in total. The Morgan fingerprint density at radius 1 is 0.882 bits per heavy atom. The van der Waals surface area contributed by atoms with Crippen molar-refractivity contribution in [3.63, 3.8) is 0 Å². The highest BCUT2D eigenvalue weighted by molar-refractivity contribution is 6.33. The van der Waals surface area contributed by atoms with Crippen LogP contribution in [-0.2, 0) is 0 Å². The molecule has 3 aromatic carbocycles. The van der Waals surface area contributed by atoms with Gasteiger partial charge in [-0.1, -0.05) is 48.0 Å². The molecule has 0 unspecified atom stereocenters. The van der Waals surface area contributed by atoms with Crippen LogP contribution in [0, 0.1) is 11.3 Å². The first-order chi connectivity index (χ1) is 8.29. The predicted molar refractivity (Wildman–Crippen MR) is 71.2 cm³/mol. The zero-order valence-electron chi connectivity index (χ0n) is 8.94. The minimum Gasteiger partial charge on any atom is -0.192 e. The lowest BCUT2D eigenvalue weighted by molar-refractivity contribution is 1.50. The summed E-state index contributed by atoms with van der Waals surface area (Å²) >= 11 is 6.08. The van der Waals surface area contributed by atoms with Crippen molar-refractivity contribution in [1.82, 2.24) is 0 Å². The maximum absolute atomic E-state index is 8.96. The van der Waals surface area contributed by atoms with E-state index < -0.39 is 0 Å². The van der Waals surface area contributed by atoms with Crippen LogP contribution < -0.4 is 0 Å². The highest BCUT2D eigenvalue weighted by Crippen LogP contribution is 2.29. The number of fused-ring (bicyclic) bond motifs is 3. The summed E-state index contributed by atoms with van der Waals surface area (Å²) in [5.41, 5.74) is 0.523. The molecule has 0 aliphatic heterocycles.